The van der Waals surface area contributed by atoms with Crippen LogP contribution in [0.4, 0.5) is 0 Å². The average Bonchev–Trinajstić information content (AvgIpc) is 3.05. The topological polar surface area (TPSA) is 93.1 Å². The number of aliphatic hydroxyl groups is 2. The molecular formula is C40H68O6. The average molecular weight is 645 g/mol. The Morgan fingerprint density at radius 1 is 0.609 bits per heavy atom. The van der Waals surface area contributed by atoms with Crippen LogP contribution in [-0.2, 0) is 19.1 Å². The lowest BCUT2D eigenvalue weighted by atomic mass is 10.0. The summed E-state index contributed by atoms with van der Waals surface area (Å²) in [4.78, 5) is 24.2. The largest absolute Gasteiger partial charge is 0.462 e. The van der Waals surface area contributed by atoms with Crippen molar-refractivity contribution in [1.82, 2.24) is 0 Å². The Kier molecular flexibility index (Phi) is 33.5. The van der Waals surface area contributed by atoms with Crippen molar-refractivity contribution in [2.24, 2.45) is 0 Å². The summed E-state index contributed by atoms with van der Waals surface area (Å²) in [6.45, 7) is 3.84. The van der Waals surface area contributed by atoms with Gasteiger partial charge in [-0.1, -0.05) is 158 Å². The molecule has 46 heavy (non-hydrogen) atoms. The number of aliphatic hydroxyl groups excluding tert-OH is 2. The van der Waals surface area contributed by atoms with Gasteiger partial charge in [0.1, 0.15) is 6.61 Å². The van der Waals surface area contributed by atoms with Crippen LogP contribution < -0.4 is 0 Å². The van der Waals surface area contributed by atoms with E-state index in [4.69, 9.17) is 9.47 Å². The van der Waals surface area contributed by atoms with Gasteiger partial charge in [0.15, 0.2) is 6.10 Å². The predicted octanol–water partition coefficient (Wildman–Crippen LogP) is 10.2. The van der Waals surface area contributed by atoms with Crippen LogP contribution in [0.25, 0.3) is 0 Å². The number of rotatable bonds is 32. The second kappa shape index (κ2) is 35.4. The van der Waals surface area contributed by atoms with Crippen molar-refractivity contribution in [3.8, 4) is 0 Å². The monoisotopic (exact) mass is 645 g/mol. The molecule has 6 nitrogen and oxygen atoms in total. The maximum atomic E-state index is 12.1. The van der Waals surface area contributed by atoms with Gasteiger partial charge in [0.25, 0.3) is 0 Å². The molecule has 2 atom stereocenters. The Labute approximate surface area is 282 Å². The normalized spacial score (nSPS) is 13.6. The molecule has 1 unspecified atom stereocenters. The van der Waals surface area contributed by atoms with Gasteiger partial charge in [0.2, 0.25) is 0 Å². The van der Waals surface area contributed by atoms with E-state index in [1.807, 2.05) is 18.2 Å². The van der Waals surface area contributed by atoms with Crippen molar-refractivity contribution < 1.29 is 29.3 Å². The highest BCUT2D eigenvalue weighted by Crippen LogP contribution is 2.14. The molecule has 0 spiro atoms. The number of unbranched alkanes of at least 4 members (excludes halogenated alkanes) is 13. The molecule has 6 heteroatoms. The van der Waals surface area contributed by atoms with Crippen molar-refractivity contribution in [3.63, 3.8) is 0 Å². The van der Waals surface area contributed by atoms with E-state index < -0.39 is 24.8 Å². The van der Waals surface area contributed by atoms with E-state index in [0.717, 1.165) is 44.9 Å². The Morgan fingerprint density at radius 3 is 1.65 bits per heavy atom. The van der Waals surface area contributed by atoms with Gasteiger partial charge >= 0.3 is 11.9 Å². The van der Waals surface area contributed by atoms with E-state index in [1.54, 1.807) is 6.08 Å². The third kappa shape index (κ3) is 32.9. The molecule has 0 bridgehead atoms. The summed E-state index contributed by atoms with van der Waals surface area (Å²) in [7, 11) is 0. The maximum Gasteiger partial charge on any atom is 0.306 e. The molecule has 0 saturated heterocycles. The maximum absolute atomic E-state index is 12.1. The minimum Gasteiger partial charge on any atom is -0.462 e. The minimum absolute atomic E-state index is 0.123. The number of ether oxygens (including phenoxy) is 2. The SMILES string of the molecule is CC/C=C\C/C=C\C/C=C\C/C=C\C=C\C(O)CCCC(=O)O[C@@H](CO)COC(=O)CCCCCCCCCCCCCCCC. The van der Waals surface area contributed by atoms with E-state index in [1.165, 1.54) is 70.6 Å². The molecule has 0 aromatic carbocycles. The first-order valence-corrected chi connectivity index (χ1v) is 18.5. The van der Waals surface area contributed by atoms with Crippen LogP contribution in [0.3, 0.4) is 0 Å². The summed E-state index contributed by atoms with van der Waals surface area (Å²) in [5.74, 6) is -0.797. The Morgan fingerprint density at radius 2 is 1.11 bits per heavy atom. The van der Waals surface area contributed by atoms with Crippen LogP contribution in [0.2, 0.25) is 0 Å². The molecule has 0 aliphatic rings. The van der Waals surface area contributed by atoms with E-state index >= 15 is 0 Å². The van der Waals surface area contributed by atoms with Crippen molar-refractivity contribution >= 4 is 11.9 Å². The highest BCUT2D eigenvalue weighted by molar-refractivity contribution is 5.70. The van der Waals surface area contributed by atoms with Gasteiger partial charge in [-0.15, -0.1) is 0 Å². The summed E-state index contributed by atoms with van der Waals surface area (Å²) < 4.78 is 10.5. The molecule has 0 aromatic rings. The van der Waals surface area contributed by atoms with Crippen molar-refractivity contribution in [3.05, 3.63) is 60.8 Å². The smallest absolute Gasteiger partial charge is 0.306 e. The van der Waals surface area contributed by atoms with Gasteiger partial charge in [-0.2, -0.15) is 0 Å². The predicted molar refractivity (Wildman–Crippen MR) is 193 cm³/mol. The highest BCUT2D eigenvalue weighted by Gasteiger charge is 2.16. The second-order valence-electron chi connectivity index (χ2n) is 12.1. The lowest BCUT2D eigenvalue weighted by Crippen LogP contribution is -2.28. The van der Waals surface area contributed by atoms with Crippen molar-refractivity contribution in [1.29, 1.82) is 0 Å². The van der Waals surface area contributed by atoms with E-state index in [0.29, 0.717) is 19.3 Å². The summed E-state index contributed by atoms with van der Waals surface area (Å²) in [6, 6.07) is 0. The van der Waals surface area contributed by atoms with Crippen LogP contribution in [0, 0.1) is 0 Å². The van der Waals surface area contributed by atoms with Gasteiger partial charge in [0.05, 0.1) is 12.7 Å². The Balaban J connectivity index is 3.79. The zero-order valence-corrected chi connectivity index (χ0v) is 29.4. The van der Waals surface area contributed by atoms with E-state index in [-0.39, 0.29) is 19.0 Å². The number of carbonyl (C=O) groups is 2. The number of carbonyl (C=O) groups excluding carboxylic acids is 2. The third-order valence-corrected chi connectivity index (χ3v) is 7.68. The van der Waals surface area contributed by atoms with Crippen LogP contribution >= 0.6 is 0 Å². The molecule has 0 aliphatic carbocycles. The fourth-order valence-corrected chi connectivity index (χ4v) is 4.88. The second-order valence-corrected chi connectivity index (χ2v) is 12.1. The fourth-order valence-electron chi connectivity index (χ4n) is 4.88. The summed E-state index contributed by atoms with van der Waals surface area (Å²) in [5, 5.41) is 19.6. The zero-order valence-electron chi connectivity index (χ0n) is 29.4. The summed E-state index contributed by atoms with van der Waals surface area (Å²) >= 11 is 0. The van der Waals surface area contributed by atoms with Gasteiger partial charge in [0, 0.05) is 12.8 Å². The molecule has 0 heterocycles. The fraction of sp³-hybridized carbons (Fsp3) is 0.700. The van der Waals surface area contributed by atoms with Gasteiger partial charge in [-0.3, -0.25) is 9.59 Å². The van der Waals surface area contributed by atoms with Gasteiger partial charge in [-0.05, 0) is 44.9 Å². The molecule has 0 saturated carbocycles. The minimum atomic E-state index is -0.865. The molecule has 0 fully saturated rings. The first kappa shape index (κ1) is 43.6. The zero-order chi connectivity index (χ0) is 33.8. The Bertz CT molecular complexity index is 841. The van der Waals surface area contributed by atoms with Gasteiger partial charge < -0.3 is 19.7 Å². The summed E-state index contributed by atoms with van der Waals surface area (Å²) in [5.41, 5.74) is 0. The molecule has 0 rings (SSSR count). The summed E-state index contributed by atoms with van der Waals surface area (Å²) in [6.07, 6.45) is 41.6. The first-order chi connectivity index (χ1) is 22.5. The van der Waals surface area contributed by atoms with Gasteiger partial charge in [-0.25, -0.2) is 0 Å². The standard InChI is InChI=1S/C40H68O6/c1-3-5-7-9-11-13-15-17-19-21-23-25-27-29-33-39(43)45-36-38(35-41)46-40(44)34-30-32-37(42)31-28-26-24-22-20-18-16-14-12-10-8-6-4-2/h6,8,12,14,18,20,24,26,28,31,37-38,41-42H,3-5,7,9-11,13,15-17,19,21-23,25,27,29-30,32-36H2,1-2H3/b8-6-,14-12-,20-18-,26-24-,31-28+/t37?,38-/m0/s1. The molecule has 0 aliphatic heterocycles. The molecule has 0 radical (unpaired) electrons. The number of esters is 2. The van der Waals surface area contributed by atoms with Crippen molar-refractivity contribution in [2.45, 2.75) is 167 Å². The van der Waals surface area contributed by atoms with E-state index in [9.17, 15) is 19.8 Å². The highest BCUT2D eigenvalue weighted by atomic mass is 16.6. The third-order valence-electron chi connectivity index (χ3n) is 7.68. The molecule has 0 aromatic heterocycles. The molecule has 264 valence electrons. The number of hydrogen-bond donors (Lipinski definition) is 2. The molecule has 2 N–H and O–H groups in total. The quantitative estimate of drug-likeness (QED) is 0.0328. The van der Waals surface area contributed by atoms with Crippen LogP contribution in [0.1, 0.15) is 155 Å². The number of hydrogen-bond acceptors (Lipinski definition) is 6. The number of allylic oxidation sites excluding steroid dienone is 9. The first-order valence-electron chi connectivity index (χ1n) is 18.5. The van der Waals surface area contributed by atoms with Crippen LogP contribution in [0.15, 0.2) is 60.8 Å². The van der Waals surface area contributed by atoms with Crippen molar-refractivity contribution in [2.75, 3.05) is 13.2 Å². The molecular weight excluding hydrogens is 576 g/mol. The van der Waals surface area contributed by atoms with E-state index in [2.05, 4.69) is 50.3 Å². The lowest BCUT2D eigenvalue weighted by molar-refractivity contribution is -0.161. The lowest BCUT2D eigenvalue weighted by Gasteiger charge is -2.16. The molecule has 0 amide bonds. The Hall–Kier alpha value is -2.44. The van der Waals surface area contributed by atoms with Crippen LogP contribution in [0.5, 0.6) is 0 Å². The van der Waals surface area contributed by atoms with Crippen LogP contribution in [-0.4, -0.2) is 47.6 Å².